The van der Waals surface area contributed by atoms with E-state index in [0.29, 0.717) is 17.2 Å². The standard InChI is InChI=1S/C10H9NO3S/c12-9-6-15-7-11(9)14-10(13)8-4-2-1-3-5-8/h1-5H,6-7H2. The van der Waals surface area contributed by atoms with Gasteiger partial charge in [-0.25, -0.2) is 4.79 Å². The summed E-state index contributed by atoms with van der Waals surface area (Å²) in [4.78, 5) is 27.6. The molecule has 15 heavy (non-hydrogen) atoms. The quantitative estimate of drug-likeness (QED) is 0.758. The lowest BCUT2D eigenvalue weighted by molar-refractivity contribution is -0.157. The van der Waals surface area contributed by atoms with E-state index < -0.39 is 5.97 Å². The van der Waals surface area contributed by atoms with Gasteiger partial charge in [-0.1, -0.05) is 18.2 Å². The fourth-order valence-corrected chi connectivity index (χ4v) is 1.94. The van der Waals surface area contributed by atoms with Crippen LogP contribution in [0.5, 0.6) is 0 Å². The maximum atomic E-state index is 11.5. The number of carbonyl (C=O) groups is 2. The summed E-state index contributed by atoms with van der Waals surface area (Å²) >= 11 is 1.43. The van der Waals surface area contributed by atoms with Gasteiger partial charge in [0.25, 0.3) is 5.91 Å². The molecule has 0 bridgehead atoms. The second kappa shape index (κ2) is 4.35. The molecule has 0 N–H and O–H groups in total. The van der Waals surface area contributed by atoms with Gasteiger partial charge in [-0.05, 0) is 12.1 Å². The fourth-order valence-electron chi connectivity index (χ4n) is 1.16. The molecule has 2 rings (SSSR count). The fraction of sp³-hybridized carbons (Fsp3) is 0.200. The molecule has 0 spiro atoms. The molecule has 78 valence electrons. The summed E-state index contributed by atoms with van der Waals surface area (Å²) in [5.74, 6) is 0.134. The molecule has 1 aromatic rings. The first-order valence-electron chi connectivity index (χ1n) is 4.43. The molecule has 0 aromatic heterocycles. The van der Waals surface area contributed by atoms with Crippen LogP contribution in [0.4, 0.5) is 0 Å². The third kappa shape index (κ3) is 2.30. The van der Waals surface area contributed by atoms with Crippen molar-refractivity contribution >= 4 is 23.6 Å². The Labute approximate surface area is 91.2 Å². The molecular weight excluding hydrogens is 214 g/mol. The maximum Gasteiger partial charge on any atom is 0.363 e. The van der Waals surface area contributed by atoms with Crippen LogP contribution in [-0.2, 0) is 9.63 Å². The van der Waals surface area contributed by atoms with E-state index in [1.54, 1.807) is 24.3 Å². The van der Waals surface area contributed by atoms with Crippen LogP contribution in [0, 0.1) is 0 Å². The van der Waals surface area contributed by atoms with Crippen LogP contribution < -0.4 is 0 Å². The lowest BCUT2D eigenvalue weighted by Gasteiger charge is -2.13. The summed E-state index contributed by atoms with van der Waals surface area (Å²) in [7, 11) is 0. The first-order chi connectivity index (χ1) is 7.27. The zero-order valence-electron chi connectivity index (χ0n) is 7.88. The number of amides is 1. The summed E-state index contributed by atoms with van der Waals surface area (Å²) in [5, 5.41) is 1.10. The Morgan fingerprint density at radius 3 is 2.67 bits per heavy atom. The van der Waals surface area contributed by atoms with Crippen LogP contribution in [-0.4, -0.2) is 28.6 Å². The van der Waals surface area contributed by atoms with Gasteiger partial charge in [-0.3, -0.25) is 4.79 Å². The van der Waals surface area contributed by atoms with Gasteiger partial charge in [0.15, 0.2) is 0 Å². The van der Waals surface area contributed by atoms with E-state index in [-0.39, 0.29) is 5.91 Å². The number of nitrogens with zero attached hydrogens (tertiary/aromatic N) is 1. The molecule has 1 aliphatic heterocycles. The monoisotopic (exact) mass is 223 g/mol. The minimum atomic E-state index is -0.494. The van der Waals surface area contributed by atoms with Crippen molar-refractivity contribution in [2.45, 2.75) is 0 Å². The van der Waals surface area contributed by atoms with Crippen molar-refractivity contribution in [1.82, 2.24) is 5.06 Å². The highest BCUT2D eigenvalue weighted by Gasteiger charge is 2.25. The minimum Gasteiger partial charge on any atom is -0.332 e. The zero-order valence-corrected chi connectivity index (χ0v) is 8.70. The summed E-state index contributed by atoms with van der Waals surface area (Å²) in [6, 6.07) is 8.61. The Balaban J connectivity index is 2.01. The molecule has 0 unspecified atom stereocenters. The number of hydroxylamine groups is 2. The second-order valence-corrected chi connectivity index (χ2v) is 3.95. The van der Waals surface area contributed by atoms with E-state index in [9.17, 15) is 9.59 Å². The summed E-state index contributed by atoms with van der Waals surface area (Å²) in [6.45, 7) is 0. The topological polar surface area (TPSA) is 46.6 Å². The van der Waals surface area contributed by atoms with Gasteiger partial charge in [0.2, 0.25) is 0 Å². The predicted molar refractivity (Wildman–Crippen MR) is 56.0 cm³/mol. The van der Waals surface area contributed by atoms with Crippen LogP contribution in [0.25, 0.3) is 0 Å². The van der Waals surface area contributed by atoms with Crippen molar-refractivity contribution in [2.24, 2.45) is 0 Å². The lowest BCUT2D eigenvalue weighted by Crippen LogP contribution is -2.29. The molecule has 0 aliphatic carbocycles. The van der Waals surface area contributed by atoms with Gasteiger partial charge in [-0.15, -0.1) is 11.8 Å². The highest BCUT2D eigenvalue weighted by atomic mass is 32.2. The minimum absolute atomic E-state index is 0.163. The summed E-state index contributed by atoms with van der Waals surface area (Å²) in [6.07, 6.45) is 0. The Hall–Kier alpha value is -1.49. The van der Waals surface area contributed by atoms with Crippen LogP contribution >= 0.6 is 11.8 Å². The van der Waals surface area contributed by atoms with E-state index >= 15 is 0 Å². The van der Waals surface area contributed by atoms with Crippen molar-refractivity contribution in [1.29, 1.82) is 0 Å². The lowest BCUT2D eigenvalue weighted by atomic mass is 10.2. The van der Waals surface area contributed by atoms with Gasteiger partial charge in [0.05, 0.1) is 11.3 Å². The van der Waals surface area contributed by atoms with Crippen molar-refractivity contribution < 1.29 is 14.4 Å². The Bertz CT molecular complexity index is 380. The van der Waals surface area contributed by atoms with E-state index in [1.807, 2.05) is 6.07 Å². The first kappa shape index (κ1) is 10.0. The zero-order chi connectivity index (χ0) is 10.7. The molecule has 0 radical (unpaired) electrons. The van der Waals surface area contributed by atoms with Gasteiger partial charge in [-0.2, -0.15) is 5.06 Å². The smallest absolute Gasteiger partial charge is 0.332 e. The number of thioether (sulfide) groups is 1. The molecule has 1 fully saturated rings. The maximum absolute atomic E-state index is 11.5. The summed E-state index contributed by atoms with van der Waals surface area (Å²) < 4.78 is 0. The molecule has 1 aliphatic rings. The Morgan fingerprint density at radius 2 is 2.07 bits per heavy atom. The molecule has 5 heteroatoms. The number of hydrogen-bond acceptors (Lipinski definition) is 4. The molecule has 1 amide bonds. The molecule has 1 saturated heterocycles. The SMILES string of the molecule is O=C(ON1CSCC1=O)c1ccccc1. The van der Waals surface area contributed by atoms with Crippen LogP contribution in [0.1, 0.15) is 10.4 Å². The van der Waals surface area contributed by atoms with Gasteiger partial charge < -0.3 is 4.84 Å². The van der Waals surface area contributed by atoms with Crippen LogP contribution in [0.15, 0.2) is 30.3 Å². The highest BCUT2D eigenvalue weighted by molar-refractivity contribution is 8.00. The molecule has 1 aromatic carbocycles. The number of carbonyl (C=O) groups excluding carboxylic acids is 2. The third-order valence-corrected chi connectivity index (χ3v) is 2.78. The van der Waals surface area contributed by atoms with Crippen molar-refractivity contribution in [3.8, 4) is 0 Å². The average Bonchev–Trinajstić information content (AvgIpc) is 2.66. The normalized spacial score (nSPS) is 15.5. The molecule has 0 atom stereocenters. The van der Waals surface area contributed by atoms with E-state index in [2.05, 4.69) is 0 Å². The van der Waals surface area contributed by atoms with Crippen molar-refractivity contribution in [3.63, 3.8) is 0 Å². The van der Waals surface area contributed by atoms with E-state index in [4.69, 9.17) is 4.84 Å². The number of benzene rings is 1. The van der Waals surface area contributed by atoms with Crippen LogP contribution in [0.3, 0.4) is 0 Å². The Morgan fingerprint density at radius 1 is 1.33 bits per heavy atom. The molecular formula is C10H9NO3S. The molecule has 0 saturated carbocycles. The van der Waals surface area contributed by atoms with Gasteiger partial charge in [0, 0.05) is 0 Å². The highest BCUT2D eigenvalue weighted by Crippen LogP contribution is 2.16. The molecule has 4 nitrogen and oxygen atoms in total. The van der Waals surface area contributed by atoms with Crippen molar-refractivity contribution in [2.75, 3.05) is 11.6 Å². The summed E-state index contributed by atoms with van der Waals surface area (Å²) in [5.41, 5.74) is 0.446. The van der Waals surface area contributed by atoms with E-state index in [1.165, 1.54) is 11.8 Å². The van der Waals surface area contributed by atoms with E-state index in [0.717, 1.165) is 5.06 Å². The predicted octanol–water partition coefficient (Wildman–Crippen LogP) is 1.29. The van der Waals surface area contributed by atoms with Gasteiger partial charge in [0.1, 0.15) is 5.88 Å². The van der Waals surface area contributed by atoms with Gasteiger partial charge >= 0.3 is 5.97 Å². The third-order valence-electron chi connectivity index (χ3n) is 1.91. The van der Waals surface area contributed by atoms with Crippen molar-refractivity contribution in [3.05, 3.63) is 35.9 Å². The first-order valence-corrected chi connectivity index (χ1v) is 5.58. The Kier molecular flexibility index (Phi) is 2.91. The largest absolute Gasteiger partial charge is 0.363 e. The average molecular weight is 223 g/mol. The number of rotatable bonds is 2. The molecule has 1 heterocycles. The second-order valence-electron chi connectivity index (χ2n) is 2.99. The van der Waals surface area contributed by atoms with Crippen LogP contribution in [0.2, 0.25) is 0 Å². The number of hydrogen-bond donors (Lipinski definition) is 0.